The Morgan fingerprint density at radius 2 is 1.06 bits per heavy atom. The average Bonchev–Trinajstić information content (AvgIpc) is 2.30. The highest BCUT2D eigenvalue weighted by atomic mass is 16.1. The fourth-order valence-electron chi connectivity index (χ4n) is 0.683. The number of carbonyl (C=O) groups excluding carboxylic acids is 1. The van der Waals surface area contributed by atoms with Gasteiger partial charge in [0.1, 0.15) is 5.78 Å². The van der Waals surface area contributed by atoms with Crippen molar-refractivity contribution in [1.82, 2.24) is 10.6 Å². The van der Waals surface area contributed by atoms with Gasteiger partial charge >= 0.3 is 0 Å². The second kappa shape index (κ2) is 24.0. The number of hydrogen-bond donors (Lipinski definition) is 2. The molecule has 100 valence electrons. The molecular formula is C13H32N2O. The fourth-order valence-corrected chi connectivity index (χ4v) is 0.683. The van der Waals surface area contributed by atoms with Crippen molar-refractivity contribution < 1.29 is 4.79 Å². The first-order valence-corrected chi connectivity index (χ1v) is 6.45. The Kier molecular flexibility index (Phi) is 31.4. The molecule has 0 heterocycles. The molecule has 0 aromatic carbocycles. The summed E-state index contributed by atoms with van der Waals surface area (Å²) < 4.78 is 0. The largest absolute Gasteiger partial charge is 0.320 e. The summed E-state index contributed by atoms with van der Waals surface area (Å²) in [4.78, 5) is 10.6. The number of ketones is 1. The molecule has 0 amide bonds. The zero-order valence-corrected chi connectivity index (χ0v) is 12.2. The molecule has 0 rings (SSSR count). The van der Waals surface area contributed by atoms with E-state index in [4.69, 9.17) is 0 Å². The van der Waals surface area contributed by atoms with Gasteiger partial charge in [-0.3, -0.25) is 4.79 Å². The van der Waals surface area contributed by atoms with E-state index in [0.29, 0.717) is 5.78 Å². The summed E-state index contributed by atoms with van der Waals surface area (Å²) in [6.45, 7) is 10.3. The minimum atomic E-state index is 0.412. The molecule has 3 nitrogen and oxygen atoms in total. The van der Waals surface area contributed by atoms with Crippen LogP contribution in [0.4, 0.5) is 0 Å². The zero-order chi connectivity index (χ0) is 13.2. The Balaban J connectivity index is -0.000000179. The van der Waals surface area contributed by atoms with Gasteiger partial charge in [-0.15, -0.1) is 0 Å². The summed E-state index contributed by atoms with van der Waals surface area (Å²) in [6, 6.07) is 0. The van der Waals surface area contributed by atoms with Crippen molar-refractivity contribution >= 4 is 5.78 Å². The zero-order valence-electron chi connectivity index (χ0n) is 12.2. The lowest BCUT2D eigenvalue weighted by molar-refractivity contribution is -0.119. The molecule has 0 aliphatic rings. The molecule has 0 aliphatic heterocycles. The van der Waals surface area contributed by atoms with Crippen LogP contribution in [0.1, 0.15) is 53.4 Å². The predicted molar refractivity (Wildman–Crippen MR) is 74.0 cm³/mol. The summed E-state index contributed by atoms with van der Waals surface area (Å²) >= 11 is 0. The Labute approximate surface area is 102 Å². The molecule has 16 heavy (non-hydrogen) atoms. The highest BCUT2D eigenvalue weighted by molar-refractivity contribution is 5.78. The summed E-state index contributed by atoms with van der Waals surface area (Å²) in [5.74, 6) is 0.412. The van der Waals surface area contributed by atoms with Gasteiger partial charge in [-0.05, 0) is 40.0 Å². The maximum atomic E-state index is 10.6. The molecule has 0 fully saturated rings. The third kappa shape index (κ3) is 37.4. The number of hydrogen-bond acceptors (Lipinski definition) is 3. The topological polar surface area (TPSA) is 41.1 Å². The van der Waals surface area contributed by atoms with Crippen LogP contribution in [-0.4, -0.2) is 33.0 Å². The van der Waals surface area contributed by atoms with E-state index in [9.17, 15) is 4.79 Å². The molecular weight excluding hydrogens is 200 g/mol. The lowest BCUT2D eigenvalue weighted by atomic mass is 10.1. The third-order valence-electron chi connectivity index (χ3n) is 1.76. The monoisotopic (exact) mass is 232 g/mol. The highest BCUT2D eigenvalue weighted by Gasteiger charge is 1.94. The number of nitrogens with one attached hydrogen (secondary N) is 2. The molecule has 0 atom stereocenters. The van der Waals surface area contributed by atoms with Gasteiger partial charge in [0.05, 0.1) is 0 Å². The van der Waals surface area contributed by atoms with E-state index in [0.717, 1.165) is 38.8 Å². The number of Topliss-reactive ketones (excluding diaryl/α,β-unsaturated/α-hetero) is 1. The van der Waals surface area contributed by atoms with E-state index < -0.39 is 0 Å². The molecule has 2 N–H and O–H groups in total. The summed E-state index contributed by atoms with van der Waals surface area (Å²) in [5.41, 5.74) is 0. The smallest absolute Gasteiger partial charge is 0.132 e. The van der Waals surface area contributed by atoms with Crippen LogP contribution in [0.2, 0.25) is 0 Å². The Morgan fingerprint density at radius 1 is 0.812 bits per heavy atom. The normalized spacial score (nSPS) is 8.38. The van der Waals surface area contributed by atoms with Gasteiger partial charge in [-0.1, -0.05) is 27.7 Å². The van der Waals surface area contributed by atoms with Crippen LogP contribution >= 0.6 is 0 Å². The van der Waals surface area contributed by atoms with Gasteiger partial charge in [0.15, 0.2) is 0 Å². The van der Waals surface area contributed by atoms with Crippen molar-refractivity contribution in [2.45, 2.75) is 53.4 Å². The van der Waals surface area contributed by atoms with Crippen LogP contribution in [0.25, 0.3) is 0 Å². The first-order valence-electron chi connectivity index (χ1n) is 6.45. The minimum Gasteiger partial charge on any atom is -0.320 e. The molecule has 3 heteroatoms. The third-order valence-corrected chi connectivity index (χ3v) is 1.76. The Bertz CT molecular complexity index is 101. The minimum absolute atomic E-state index is 0.412. The van der Waals surface area contributed by atoms with Crippen LogP contribution in [0, 0.1) is 0 Å². The summed E-state index contributed by atoms with van der Waals surface area (Å²) in [6.07, 6.45) is 3.54. The van der Waals surface area contributed by atoms with Crippen molar-refractivity contribution in [3.63, 3.8) is 0 Å². The van der Waals surface area contributed by atoms with Crippen LogP contribution < -0.4 is 10.6 Å². The fraction of sp³-hybridized carbons (Fsp3) is 0.923. The van der Waals surface area contributed by atoms with Crippen molar-refractivity contribution in [2.24, 2.45) is 0 Å². The van der Waals surface area contributed by atoms with Crippen LogP contribution in [0.15, 0.2) is 0 Å². The molecule has 0 aliphatic carbocycles. The molecule has 0 aromatic rings. The molecule has 0 saturated heterocycles. The predicted octanol–water partition coefficient (Wildman–Crippen LogP) is 2.61. The lowest BCUT2D eigenvalue weighted by Gasteiger charge is -1.91. The molecule has 0 radical (unpaired) electrons. The molecule has 0 spiro atoms. The summed E-state index contributed by atoms with van der Waals surface area (Å²) in [7, 11) is 3.86. The van der Waals surface area contributed by atoms with Gasteiger partial charge in [-0.2, -0.15) is 0 Å². The molecule has 0 unspecified atom stereocenters. The first kappa shape index (κ1) is 20.9. The van der Waals surface area contributed by atoms with Crippen molar-refractivity contribution in [3.05, 3.63) is 0 Å². The van der Waals surface area contributed by atoms with Crippen molar-refractivity contribution in [2.75, 3.05) is 27.2 Å². The molecule has 0 aromatic heterocycles. The van der Waals surface area contributed by atoms with Crippen LogP contribution in [0.5, 0.6) is 0 Å². The van der Waals surface area contributed by atoms with Gasteiger partial charge in [0.25, 0.3) is 0 Å². The second-order valence-corrected chi connectivity index (χ2v) is 3.45. The van der Waals surface area contributed by atoms with Crippen molar-refractivity contribution in [3.8, 4) is 0 Å². The average molecular weight is 232 g/mol. The van der Waals surface area contributed by atoms with Crippen molar-refractivity contribution in [1.29, 1.82) is 0 Å². The second-order valence-electron chi connectivity index (χ2n) is 3.45. The Hall–Kier alpha value is -0.410. The Morgan fingerprint density at radius 3 is 1.19 bits per heavy atom. The first-order chi connectivity index (χ1) is 7.64. The quantitative estimate of drug-likeness (QED) is 0.739. The number of carbonyl (C=O) groups is 1. The van der Waals surface area contributed by atoms with E-state index in [1.165, 1.54) is 0 Å². The number of rotatable bonds is 6. The maximum Gasteiger partial charge on any atom is 0.132 e. The lowest BCUT2D eigenvalue weighted by Crippen LogP contribution is -2.01. The van der Waals surface area contributed by atoms with Gasteiger partial charge in [0, 0.05) is 12.8 Å². The SMILES string of the molecule is CCCC(=O)CCC.CCNC.CCNC. The standard InChI is InChI=1S/C7H14O.2C3H9N/c1-3-5-7(8)6-4-2;2*1-3-4-2/h3-6H2,1-2H3;2*4H,3H2,1-2H3. The maximum absolute atomic E-state index is 10.6. The van der Waals surface area contributed by atoms with Gasteiger partial charge < -0.3 is 10.6 Å². The van der Waals surface area contributed by atoms with Crippen LogP contribution in [0.3, 0.4) is 0 Å². The molecule has 0 bridgehead atoms. The van der Waals surface area contributed by atoms with E-state index in [2.05, 4.69) is 24.5 Å². The van der Waals surface area contributed by atoms with E-state index in [1.807, 2.05) is 27.9 Å². The van der Waals surface area contributed by atoms with Crippen LogP contribution in [-0.2, 0) is 4.79 Å². The van der Waals surface area contributed by atoms with E-state index >= 15 is 0 Å². The van der Waals surface area contributed by atoms with E-state index in [-0.39, 0.29) is 0 Å². The molecule has 0 saturated carbocycles. The summed E-state index contributed by atoms with van der Waals surface area (Å²) in [5, 5.41) is 5.86. The van der Waals surface area contributed by atoms with Gasteiger partial charge in [-0.25, -0.2) is 0 Å². The highest BCUT2D eigenvalue weighted by Crippen LogP contribution is 1.95. The van der Waals surface area contributed by atoms with Gasteiger partial charge in [0.2, 0.25) is 0 Å². The van der Waals surface area contributed by atoms with E-state index in [1.54, 1.807) is 0 Å².